The maximum absolute atomic E-state index is 5.89. The topological polar surface area (TPSA) is 38.7 Å². The molecule has 3 rings (SSSR count). The van der Waals surface area contributed by atoms with Gasteiger partial charge in [-0.05, 0) is 12.1 Å². The van der Waals surface area contributed by atoms with Gasteiger partial charge >= 0.3 is 0 Å². The number of halogens is 1. The maximum Gasteiger partial charge on any atom is 0.161 e. The van der Waals surface area contributed by atoms with Gasteiger partial charge in [0.05, 0.1) is 10.5 Å². The Hall–Kier alpha value is -2.00. The molecule has 0 aliphatic heterocycles. The first-order valence-corrected chi connectivity index (χ1v) is 5.53. The highest BCUT2D eigenvalue weighted by Crippen LogP contribution is 2.19. The molecule has 0 spiro atoms. The van der Waals surface area contributed by atoms with Gasteiger partial charge in [0.1, 0.15) is 0 Å². The molecule has 17 heavy (non-hydrogen) atoms. The van der Waals surface area contributed by atoms with E-state index in [1.54, 1.807) is 24.7 Å². The number of nitrogens with zero attached hydrogens (tertiary/aromatic N) is 3. The van der Waals surface area contributed by atoms with Crippen LogP contribution >= 0.6 is 11.6 Å². The van der Waals surface area contributed by atoms with E-state index in [0.717, 1.165) is 16.5 Å². The Bertz CT molecular complexity index is 682. The van der Waals surface area contributed by atoms with Crippen molar-refractivity contribution >= 4 is 22.5 Å². The SMILES string of the molecule is Clc1cncc(-c2ncc3ccccc3n2)c1. The Morgan fingerprint density at radius 1 is 1.00 bits per heavy atom. The van der Waals surface area contributed by atoms with E-state index in [4.69, 9.17) is 11.6 Å². The van der Waals surface area contributed by atoms with Crippen LogP contribution in [0.1, 0.15) is 0 Å². The lowest BCUT2D eigenvalue weighted by atomic mass is 10.2. The predicted molar refractivity (Wildman–Crippen MR) is 67.8 cm³/mol. The second-order valence-corrected chi connectivity index (χ2v) is 4.08. The van der Waals surface area contributed by atoms with Gasteiger partial charge in [0, 0.05) is 29.5 Å². The predicted octanol–water partition coefficient (Wildman–Crippen LogP) is 3.35. The Morgan fingerprint density at radius 2 is 1.88 bits per heavy atom. The lowest BCUT2D eigenvalue weighted by Crippen LogP contribution is -1.90. The minimum Gasteiger partial charge on any atom is -0.262 e. The molecule has 0 atom stereocenters. The number of hydrogen-bond donors (Lipinski definition) is 0. The van der Waals surface area contributed by atoms with Gasteiger partial charge in [0.15, 0.2) is 5.82 Å². The molecular weight excluding hydrogens is 234 g/mol. The lowest BCUT2D eigenvalue weighted by Gasteiger charge is -2.01. The first-order chi connectivity index (χ1) is 8.33. The summed E-state index contributed by atoms with van der Waals surface area (Å²) >= 11 is 5.89. The van der Waals surface area contributed by atoms with Crippen LogP contribution in [-0.4, -0.2) is 15.0 Å². The minimum absolute atomic E-state index is 0.583. The van der Waals surface area contributed by atoms with Crippen molar-refractivity contribution in [1.29, 1.82) is 0 Å². The van der Waals surface area contributed by atoms with E-state index in [1.165, 1.54) is 0 Å². The van der Waals surface area contributed by atoms with Gasteiger partial charge < -0.3 is 0 Å². The number of fused-ring (bicyclic) bond motifs is 1. The molecule has 0 radical (unpaired) electrons. The van der Waals surface area contributed by atoms with Crippen molar-refractivity contribution in [2.75, 3.05) is 0 Å². The first-order valence-electron chi connectivity index (χ1n) is 5.16. The van der Waals surface area contributed by atoms with E-state index >= 15 is 0 Å². The molecule has 3 nitrogen and oxygen atoms in total. The molecule has 0 unspecified atom stereocenters. The fraction of sp³-hybridized carbons (Fsp3) is 0. The van der Waals surface area contributed by atoms with Gasteiger partial charge in [-0.3, -0.25) is 4.98 Å². The maximum atomic E-state index is 5.89. The monoisotopic (exact) mass is 241 g/mol. The fourth-order valence-electron chi connectivity index (χ4n) is 1.65. The van der Waals surface area contributed by atoms with Crippen molar-refractivity contribution in [2.24, 2.45) is 0 Å². The van der Waals surface area contributed by atoms with Gasteiger partial charge in [-0.15, -0.1) is 0 Å². The summed E-state index contributed by atoms with van der Waals surface area (Å²) in [4.78, 5) is 12.8. The van der Waals surface area contributed by atoms with Gasteiger partial charge in [-0.1, -0.05) is 29.8 Å². The van der Waals surface area contributed by atoms with Crippen molar-refractivity contribution in [3.05, 3.63) is 53.9 Å². The van der Waals surface area contributed by atoms with Crippen LogP contribution in [0.2, 0.25) is 5.02 Å². The zero-order valence-electron chi connectivity index (χ0n) is 8.84. The molecule has 4 heteroatoms. The zero-order valence-corrected chi connectivity index (χ0v) is 9.59. The van der Waals surface area contributed by atoms with Crippen LogP contribution in [0, 0.1) is 0 Å². The second kappa shape index (κ2) is 4.11. The summed E-state index contributed by atoms with van der Waals surface area (Å²) in [5.74, 6) is 0.638. The van der Waals surface area contributed by atoms with Gasteiger partial charge in [-0.2, -0.15) is 0 Å². The van der Waals surface area contributed by atoms with Crippen LogP contribution in [0.4, 0.5) is 0 Å². The zero-order chi connectivity index (χ0) is 11.7. The summed E-state index contributed by atoms with van der Waals surface area (Å²) in [7, 11) is 0. The number of benzene rings is 1. The fourth-order valence-corrected chi connectivity index (χ4v) is 1.82. The molecule has 3 aromatic rings. The Kier molecular flexibility index (Phi) is 2.46. The number of para-hydroxylation sites is 1. The van der Waals surface area contributed by atoms with Crippen LogP contribution in [0.15, 0.2) is 48.9 Å². The summed E-state index contributed by atoms with van der Waals surface area (Å²) < 4.78 is 0. The molecule has 0 saturated carbocycles. The van der Waals surface area contributed by atoms with Gasteiger partial charge in [-0.25, -0.2) is 9.97 Å². The van der Waals surface area contributed by atoms with Crippen LogP contribution in [-0.2, 0) is 0 Å². The normalized spacial score (nSPS) is 10.6. The van der Waals surface area contributed by atoms with Crippen LogP contribution < -0.4 is 0 Å². The Morgan fingerprint density at radius 3 is 2.76 bits per heavy atom. The molecule has 2 aromatic heterocycles. The van der Waals surface area contributed by atoms with Gasteiger partial charge in [0.25, 0.3) is 0 Å². The highest BCUT2D eigenvalue weighted by atomic mass is 35.5. The molecule has 0 saturated heterocycles. The van der Waals surface area contributed by atoms with Crippen molar-refractivity contribution in [1.82, 2.24) is 15.0 Å². The van der Waals surface area contributed by atoms with E-state index in [2.05, 4.69) is 15.0 Å². The number of rotatable bonds is 1. The molecule has 82 valence electrons. The Balaban J connectivity index is 2.18. The average Bonchev–Trinajstić information content (AvgIpc) is 2.38. The van der Waals surface area contributed by atoms with Crippen molar-refractivity contribution in [3.63, 3.8) is 0 Å². The van der Waals surface area contributed by atoms with Crippen LogP contribution in [0.3, 0.4) is 0 Å². The molecule has 0 bridgehead atoms. The molecule has 2 heterocycles. The van der Waals surface area contributed by atoms with Crippen molar-refractivity contribution in [3.8, 4) is 11.4 Å². The largest absolute Gasteiger partial charge is 0.262 e. The van der Waals surface area contributed by atoms with E-state index in [0.29, 0.717) is 10.8 Å². The summed E-state index contributed by atoms with van der Waals surface area (Å²) in [5, 5.41) is 1.60. The van der Waals surface area contributed by atoms with Crippen LogP contribution in [0.5, 0.6) is 0 Å². The van der Waals surface area contributed by atoms with E-state index in [9.17, 15) is 0 Å². The highest BCUT2D eigenvalue weighted by molar-refractivity contribution is 6.30. The third-order valence-electron chi connectivity index (χ3n) is 2.45. The summed E-state index contributed by atoms with van der Waals surface area (Å²) in [6.07, 6.45) is 5.10. The van der Waals surface area contributed by atoms with Crippen molar-refractivity contribution < 1.29 is 0 Å². The smallest absolute Gasteiger partial charge is 0.161 e. The molecule has 0 N–H and O–H groups in total. The number of aromatic nitrogens is 3. The molecule has 1 aromatic carbocycles. The molecule has 0 aliphatic rings. The van der Waals surface area contributed by atoms with Crippen molar-refractivity contribution in [2.45, 2.75) is 0 Å². The quantitative estimate of drug-likeness (QED) is 0.656. The Labute approximate surface area is 103 Å². The molecular formula is C13H8ClN3. The van der Waals surface area contributed by atoms with E-state index < -0.39 is 0 Å². The van der Waals surface area contributed by atoms with Crippen LogP contribution in [0.25, 0.3) is 22.3 Å². The summed E-state index contributed by atoms with van der Waals surface area (Å²) in [6.45, 7) is 0. The third kappa shape index (κ3) is 1.97. The van der Waals surface area contributed by atoms with E-state index in [-0.39, 0.29) is 0 Å². The van der Waals surface area contributed by atoms with Gasteiger partial charge in [0.2, 0.25) is 0 Å². The number of pyridine rings is 1. The summed E-state index contributed by atoms with van der Waals surface area (Å²) in [6, 6.07) is 9.66. The first kappa shape index (κ1) is 10.2. The highest BCUT2D eigenvalue weighted by Gasteiger charge is 2.03. The molecule has 0 aliphatic carbocycles. The van der Waals surface area contributed by atoms with E-state index in [1.807, 2.05) is 24.3 Å². The third-order valence-corrected chi connectivity index (χ3v) is 2.66. The number of hydrogen-bond acceptors (Lipinski definition) is 3. The lowest BCUT2D eigenvalue weighted by molar-refractivity contribution is 1.21. The molecule has 0 fully saturated rings. The minimum atomic E-state index is 0.583. The standard InChI is InChI=1S/C13H8ClN3/c14-11-5-10(6-15-8-11)13-16-7-9-3-1-2-4-12(9)17-13/h1-8H. The second-order valence-electron chi connectivity index (χ2n) is 3.64. The average molecular weight is 242 g/mol. The molecule has 0 amide bonds. The summed E-state index contributed by atoms with van der Waals surface area (Å²) in [5.41, 5.74) is 1.74.